The van der Waals surface area contributed by atoms with Crippen LogP contribution in [0.2, 0.25) is 5.02 Å². The van der Waals surface area contributed by atoms with Gasteiger partial charge in [-0.25, -0.2) is 0 Å². The van der Waals surface area contributed by atoms with E-state index in [2.05, 4.69) is 11.9 Å². The van der Waals surface area contributed by atoms with Crippen molar-refractivity contribution in [1.29, 1.82) is 0 Å². The second-order valence-electron chi connectivity index (χ2n) is 4.73. The topological polar surface area (TPSA) is 38.3 Å². The molecule has 1 N–H and O–H groups in total. The lowest BCUT2D eigenvalue weighted by Gasteiger charge is -2.19. The van der Waals surface area contributed by atoms with Gasteiger partial charge in [0.05, 0.1) is 12.1 Å². The zero-order valence-corrected chi connectivity index (χ0v) is 13.1. The predicted octanol–water partition coefficient (Wildman–Crippen LogP) is 3.36. The smallest absolute Gasteiger partial charge is 0.137 e. The lowest BCUT2D eigenvalue weighted by Crippen LogP contribution is -2.15. The number of halogens is 1. The Hall–Kier alpha value is -1.32. The number of carbonyl (C=O) groups is 1. The molecule has 1 unspecified atom stereocenters. The Kier molecular flexibility index (Phi) is 6.76. The molecule has 0 heterocycles. The maximum atomic E-state index is 11.9. The molecule has 0 spiro atoms. The Morgan fingerprint density at radius 2 is 2.25 bits per heavy atom. The fourth-order valence-corrected chi connectivity index (χ4v) is 2.51. The predicted molar refractivity (Wildman–Crippen MR) is 83.9 cm³/mol. The number of benzene rings is 1. The van der Waals surface area contributed by atoms with Crippen LogP contribution in [0.25, 0.3) is 0 Å². The number of rotatable bonds is 8. The third-order valence-corrected chi connectivity index (χ3v) is 3.62. The largest absolute Gasteiger partial charge is 0.495 e. The van der Waals surface area contributed by atoms with Crippen LogP contribution >= 0.6 is 11.6 Å². The number of Topliss-reactive ketones (excluding diaryl/α,β-unsaturated/α-hetero) is 1. The van der Waals surface area contributed by atoms with E-state index in [4.69, 9.17) is 16.3 Å². The summed E-state index contributed by atoms with van der Waals surface area (Å²) in [5.74, 6) is 0.538. The average Bonchev–Trinajstić information content (AvgIpc) is 2.42. The summed E-state index contributed by atoms with van der Waals surface area (Å²) in [5.41, 5.74) is 2.06. The zero-order valence-electron chi connectivity index (χ0n) is 12.3. The van der Waals surface area contributed by atoms with Crippen molar-refractivity contribution < 1.29 is 9.53 Å². The van der Waals surface area contributed by atoms with Gasteiger partial charge in [-0.3, -0.25) is 4.79 Å². The minimum absolute atomic E-state index is 0.125. The minimum atomic E-state index is -0.189. The lowest BCUT2D eigenvalue weighted by molar-refractivity contribution is -0.118. The number of carbonyl (C=O) groups excluding carboxylic acids is 1. The van der Waals surface area contributed by atoms with E-state index in [0.717, 1.165) is 24.1 Å². The Bertz CT molecular complexity index is 486. The van der Waals surface area contributed by atoms with Gasteiger partial charge in [-0.2, -0.15) is 0 Å². The molecular formula is C16H22ClNO2. The van der Waals surface area contributed by atoms with Crippen LogP contribution in [0.15, 0.2) is 24.8 Å². The number of ketones is 1. The fourth-order valence-electron chi connectivity index (χ4n) is 2.25. The van der Waals surface area contributed by atoms with Crippen LogP contribution in [-0.4, -0.2) is 26.5 Å². The first kappa shape index (κ1) is 16.7. The molecule has 0 saturated carbocycles. The molecule has 0 saturated heterocycles. The lowest BCUT2D eigenvalue weighted by atomic mass is 9.87. The van der Waals surface area contributed by atoms with Crippen LogP contribution in [0.5, 0.6) is 5.75 Å². The van der Waals surface area contributed by atoms with Crippen molar-refractivity contribution in [3.05, 3.63) is 40.9 Å². The number of allylic oxidation sites excluding steroid dienone is 1. The van der Waals surface area contributed by atoms with E-state index >= 15 is 0 Å². The Morgan fingerprint density at radius 1 is 1.55 bits per heavy atom. The van der Waals surface area contributed by atoms with Crippen LogP contribution in [0.3, 0.4) is 0 Å². The van der Waals surface area contributed by atoms with E-state index in [1.165, 1.54) is 0 Å². The molecule has 4 heteroatoms. The second-order valence-corrected chi connectivity index (χ2v) is 5.13. The van der Waals surface area contributed by atoms with Crippen molar-refractivity contribution in [2.24, 2.45) is 0 Å². The van der Waals surface area contributed by atoms with Gasteiger partial charge in [0.1, 0.15) is 11.5 Å². The maximum Gasteiger partial charge on any atom is 0.137 e. The van der Waals surface area contributed by atoms with E-state index in [1.54, 1.807) is 20.1 Å². The summed E-state index contributed by atoms with van der Waals surface area (Å²) in [5, 5.41) is 3.68. The van der Waals surface area contributed by atoms with Crippen LogP contribution < -0.4 is 10.1 Å². The number of methoxy groups -OCH3 is 1. The van der Waals surface area contributed by atoms with Crippen molar-refractivity contribution >= 4 is 17.4 Å². The molecule has 0 aromatic heterocycles. The van der Waals surface area contributed by atoms with Gasteiger partial charge in [-0.05, 0) is 56.6 Å². The number of nitrogens with one attached hydrogen (secondary N) is 1. The van der Waals surface area contributed by atoms with Gasteiger partial charge in [-0.1, -0.05) is 17.7 Å². The summed E-state index contributed by atoms with van der Waals surface area (Å²) in [4.78, 5) is 11.9. The molecule has 0 amide bonds. The molecule has 1 rings (SSSR count). The van der Waals surface area contributed by atoms with Gasteiger partial charge in [0.2, 0.25) is 0 Å². The molecule has 0 radical (unpaired) electrons. The first-order valence-corrected chi connectivity index (χ1v) is 7.05. The molecule has 0 bridgehead atoms. The number of hydrogen-bond acceptors (Lipinski definition) is 3. The molecule has 1 aromatic rings. The Labute approximate surface area is 126 Å². The standard InChI is InChI=1S/C16H22ClNO2/c1-5-6-13(11(2)19)14-10-16(20-4)15(17)9-12(14)7-8-18-3/h5,9-10,13,18H,1,6-8H2,2-4H3. The van der Waals surface area contributed by atoms with Crippen molar-refractivity contribution in [1.82, 2.24) is 5.32 Å². The molecule has 110 valence electrons. The summed E-state index contributed by atoms with van der Waals surface area (Å²) in [6, 6.07) is 3.77. The van der Waals surface area contributed by atoms with Crippen molar-refractivity contribution in [3.63, 3.8) is 0 Å². The molecule has 0 aliphatic heterocycles. The summed E-state index contributed by atoms with van der Waals surface area (Å²) in [7, 11) is 3.48. The summed E-state index contributed by atoms with van der Waals surface area (Å²) < 4.78 is 5.27. The Morgan fingerprint density at radius 3 is 2.75 bits per heavy atom. The highest BCUT2D eigenvalue weighted by Gasteiger charge is 2.20. The first-order chi connectivity index (χ1) is 9.54. The highest BCUT2D eigenvalue weighted by molar-refractivity contribution is 6.32. The van der Waals surface area contributed by atoms with Gasteiger partial charge < -0.3 is 10.1 Å². The van der Waals surface area contributed by atoms with Crippen molar-refractivity contribution in [2.75, 3.05) is 20.7 Å². The number of ether oxygens (including phenoxy) is 1. The minimum Gasteiger partial charge on any atom is -0.495 e. The van der Waals surface area contributed by atoms with Gasteiger partial charge in [-0.15, -0.1) is 6.58 Å². The van der Waals surface area contributed by atoms with Crippen LogP contribution in [0.1, 0.15) is 30.4 Å². The highest BCUT2D eigenvalue weighted by Crippen LogP contribution is 2.34. The Balaban J connectivity index is 3.29. The van der Waals surface area contributed by atoms with Gasteiger partial charge in [0.15, 0.2) is 0 Å². The second kappa shape index (κ2) is 8.08. The molecule has 3 nitrogen and oxygen atoms in total. The maximum absolute atomic E-state index is 11.9. The molecule has 1 aromatic carbocycles. The molecule has 1 atom stereocenters. The molecular weight excluding hydrogens is 274 g/mol. The van der Waals surface area contributed by atoms with Gasteiger partial charge >= 0.3 is 0 Å². The third kappa shape index (κ3) is 4.09. The summed E-state index contributed by atoms with van der Waals surface area (Å²) in [6.45, 7) is 6.17. The zero-order chi connectivity index (χ0) is 15.1. The quantitative estimate of drug-likeness (QED) is 0.747. The average molecular weight is 296 g/mol. The van der Waals surface area contributed by atoms with Gasteiger partial charge in [0, 0.05) is 5.92 Å². The monoisotopic (exact) mass is 295 g/mol. The van der Waals surface area contributed by atoms with Gasteiger partial charge in [0.25, 0.3) is 0 Å². The SMILES string of the molecule is C=CCC(C(C)=O)c1cc(OC)c(Cl)cc1CCNC. The van der Waals surface area contributed by atoms with E-state index in [0.29, 0.717) is 17.2 Å². The van der Waals surface area contributed by atoms with Crippen LogP contribution in [0, 0.1) is 0 Å². The third-order valence-electron chi connectivity index (χ3n) is 3.33. The number of likely N-dealkylation sites (N-methyl/N-ethyl adjacent to an activating group) is 1. The van der Waals surface area contributed by atoms with E-state index in [9.17, 15) is 4.79 Å². The molecule has 20 heavy (non-hydrogen) atoms. The van der Waals surface area contributed by atoms with Crippen LogP contribution in [-0.2, 0) is 11.2 Å². The van der Waals surface area contributed by atoms with Crippen molar-refractivity contribution in [3.8, 4) is 5.75 Å². The van der Waals surface area contributed by atoms with E-state index < -0.39 is 0 Å². The van der Waals surface area contributed by atoms with Crippen LogP contribution in [0.4, 0.5) is 0 Å². The normalized spacial score (nSPS) is 12.0. The summed E-state index contributed by atoms with van der Waals surface area (Å²) in [6.07, 6.45) is 3.21. The highest BCUT2D eigenvalue weighted by atomic mass is 35.5. The number of hydrogen-bond donors (Lipinski definition) is 1. The van der Waals surface area contributed by atoms with E-state index in [-0.39, 0.29) is 11.7 Å². The molecule has 0 aliphatic carbocycles. The fraction of sp³-hybridized carbons (Fsp3) is 0.438. The summed E-state index contributed by atoms with van der Waals surface area (Å²) >= 11 is 6.19. The molecule has 0 aliphatic rings. The molecule has 0 fully saturated rings. The van der Waals surface area contributed by atoms with E-state index in [1.807, 2.05) is 19.2 Å². The van der Waals surface area contributed by atoms with Crippen molar-refractivity contribution in [2.45, 2.75) is 25.7 Å². The first-order valence-electron chi connectivity index (χ1n) is 6.67.